The van der Waals surface area contributed by atoms with E-state index < -0.39 is 5.97 Å². The third-order valence-corrected chi connectivity index (χ3v) is 3.07. The van der Waals surface area contributed by atoms with Crippen LogP contribution in [0.4, 0.5) is 0 Å². The van der Waals surface area contributed by atoms with E-state index in [1.807, 2.05) is 0 Å². The molecule has 2 rings (SSSR count). The van der Waals surface area contributed by atoms with Gasteiger partial charge in [0.05, 0.1) is 5.69 Å². The molecule has 0 unspecified atom stereocenters. The Morgan fingerprint density at radius 1 is 1.23 bits per heavy atom. The van der Waals surface area contributed by atoms with Crippen LogP contribution in [0.2, 0.25) is 0 Å². The second-order valence-electron chi connectivity index (χ2n) is 4.77. The van der Waals surface area contributed by atoms with Crippen LogP contribution in [-0.2, 0) is 4.79 Å². The average molecular weight is 303 g/mol. The third kappa shape index (κ3) is 4.65. The molecule has 8 heteroatoms. The molecule has 0 bridgehead atoms. The van der Waals surface area contributed by atoms with Crippen molar-refractivity contribution in [2.24, 2.45) is 0 Å². The minimum absolute atomic E-state index is 0.169. The molecule has 0 radical (unpaired) electrons. The zero-order chi connectivity index (χ0) is 15.8. The molecule has 116 valence electrons. The summed E-state index contributed by atoms with van der Waals surface area (Å²) in [5.74, 6) is -0.961. The van der Waals surface area contributed by atoms with Gasteiger partial charge in [0.2, 0.25) is 0 Å². The molecule has 1 aromatic carbocycles. The molecule has 0 fully saturated rings. The molecule has 0 saturated heterocycles. The molecule has 0 aliphatic rings. The number of carbonyl (C=O) groups is 2. The first-order valence-electron chi connectivity index (χ1n) is 7.00. The zero-order valence-electron chi connectivity index (χ0n) is 12.0. The van der Waals surface area contributed by atoms with Crippen molar-refractivity contribution in [3.8, 4) is 5.69 Å². The van der Waals surface area contributed by atoms with E-state index in [9.17, 15) is 9.59 Å². The Kier molecular flexibility index (Phi) is 5.58. The van der Waals surface area contributed by atoms with Crippen LogP contribution >= 0.6 is 0 Å². The standard InChI is InChI=1S/C14H17N5O3/c20-13(21)7-2-1-3-8-15-14(22)11-5-4-6-12(9-11)19-10-16-17-18-19/h4-6,9-10H,1-3,7-8H2,(H,15,22)(H,20,21). The Morgan fingerprint density at radius 3 is 2.82 bits per heavy atom. The summed E-state index contributed by atoms with van der Waals surface area (Å²) < 4.78 is 1.47. The van der Waals surface area contributed by atoms with Crippen LogP contribution in [0, 0.1) is 0 Å². The maximum atomic E-state index is 12.0. The van der Waals surface area contributed by atoms with Crippen LogP contribution in [0.5, 0.6) is 0 Å². The van der Waals surface area contributed by atoms with E-state index in [1.165, 1.54) is 11.0 Å². The molecule has 0 spiro atoms. The van der Waals surface area contributed by atoms with Gasteiger partial charge >= 0.3 is 5.97 Å². The number of nitrogens with one attached hydrogen (secondary N) is 1. The number of carbonyl (C=O) groups excluding carboxylic acids is 1. The number of benzene rings is 1. The predicted molar refractivity (Wildman–Crippen MR) is 77.6 cm³/mol. The molecule has 2 N–H and O–H groups in total. The Morgan fingerprint density at radius 2 is 2.09 bits per heavy atom. The molecule has 22 heavy (non-hydrogen) atoms. The maximum Gasteiger partial charge on any atom is 0.303 e. The lowest BCUT2D eigenvalue weighted by Gasteiger charge is -2.06. The zero-order valence-corrected chi connectivity index (χ0v) is 12.0. The average Bonchev–Trinajstić information content (AvgIpc) is 3.05. The van der Waals surface area contributed by atoms with Gasteiger partial charge in [-0.3, -0.25) is 9.59 Å². The first-order chi connectivity index (χ1) is 10.7. The fraction of sp³-hybridized carbons (Fsp3) is 0.357. The fourth-order valence-electron chi connectivity index (χ4n) is 1.95. The van der Waals surface area contributed by atoms with E-state index in [4.69, 9.17) is 5.11 Å². The summed E-state index contributed by atoms with van der Waals surface area (Å²) >= 11 is 0. The lowest BCUT2D eigenvalue weighted by Crippen LogP contribution is -2.24. The number of tetrazole rings is 1. The number of carboxylic acid groups (broad SMARTS) is 1. The lowest BCUT2D eigenvalue weighted by molar-refractivity contribution is -0.137. The topological polar surface area (TPSA) is 110 Å². The number of nitrogens with zero attached hydrogens (tertiary/aromatic N) is 4. The number of rotatable bonds is 8. The summed E-state index contributed by atoms with van der Waals surface area (Å²) in [6, 6.07) is 6.99. The minimum Gasteiger partial charge on any atom is -0.481 e. The van der Waals surface area contributed by atoms with Crippen LogP contribution in [0.1, 0.15) is 36.0 Å². The number of aromatic nitrogens is 4. The highest BCUT2D eigenvalue weighted by atomic mass is 16.4. The number of amides is 1. The second kappa shape index (κ2) is 7.87. The number of unbranched alkanes of at least 4 members (excludes halogenated alkanes) is 2. The third-order valence-electron chi connectivity index (χ3n) is 3.07. The Hall–Kier alpha value is -2.77. The molecule has 1 heterocycles. The molecular formula is C14H17N5O3. The second-order valence-corrected chi connectivity index (χ2v) is 4.77. The van der Waals surface area contributed by atoms with Crippen molar-refractivity contribution in [2.45, 2.75) is 25.7 Å². The summed E-state index contributed by atoms with van der Waals surface area (Å²) in [6.07, 6.45) is 3.78. The summed E-state index contributed by atoms with van der Waals surface area (Å²) in [5, 5.41) is 22.2. The molecule has 0 atom stereocenters. The predicted octanol–water partition coefficient (Wildman–Crippen LogP) is 1.04. The van der Waals surface area contributed by atoms with Gasteiger partial charge in [0.15, 0.2) is 0 Å². The largest absolute Gasteiger partial charge is 0.481 e. The van der Waals surface area contributed by atoms with Crippen LogP contribution < -0.4 is 5.32 Å². The maximum absolute atomic E-state index is 12.0. The molecule has 8 nitrogen and oxygen atoms in total. The fourth-order valence-corrected chi connectivity index (χ4v) is 1.95. The Bertz CT molecular complexity index is 627. The normalized spacial score (nSPS) is 10.4. The minimum atomic E-state index is -0.788. The van der Waals surface area contributed by atoms with Gasteiger partial charge in [-0.15, -0.1) is 5.10 Å². The monoisotopic (exact) mass is 303 g/mol. The first kappa shape index (κ1) is 15.6. The van der Waals surface area contributed by atoms with Gasteiger partial charge in [-0.05, 0) is 41.5 Å². The van der Waals surface area contributed by atoms with Crippen molar-refractivity contribution in [1.29, 1.82) is 0 Å². The SMILES string of the molecule is O=C(O)CCCCCNC(=O)c1cccc(-n2cnnn2)c1. The van der Waals surface area contributed by atoms with E-state index in [1.54, 1.807) is 24.3 Å². The van der Waals surface area contributed by atoms with E-state index in [0.717, 1.165) is 12.8 Å². The van der Waals surface area contributed by atoms with Crippen molar-refractivity contribution in [3.63, 3.8) is 0 Å². The molecule has 1 amide bonds. The molecule has 0 aliphatic heterocycles. The molecule has 1 aromatic heterocycles. The quantitative estimate of drug-likeness (QED) is 0.705. The summed E-state index contributed by atoms with van der Waals surface area (Å²) in [7, 11) is 0. The Balaban J connectivity index is 1.80. The van der Waals surface area contributed by atoms with Gasteiger partial charge in [-0.1, -0.05) is 12.5 Å². The van der Waals surface area contributed by atoms with Gasteiger partial charge in [0.25, 0.3) is 5.91 Å². The van der Waals surface area contributed by atoms with Gasteiger partial charge in [-0.2, -0.15) is 0 Å². The molecular weight excluding hydrogens is 286 g/mol. The van der Waals surface area contributed by atoms with Gasteiger partial charge < -0.3 is 10.4 Å². The van der Waals surface area contributed by atoms with E-state index in [-0.39, 0.29) is 12.3 Å². The van der Waals surface area contributed by atoms with E-state index in [0.29, 0.717) is 24.2 Å². The van der Waals surface area contributed by atoms with Crippen molar-refractivity contribution in [3.05, 3.63) is 36.2 Å². The number of aliphatic carboxylic acids is 1. The smallest absolute Gasteiger partial charge is 0.303 e. The highest BCUT2D eigenvalue weighted by molar-refractivity contribution is 5.94. The van der Waals surface area contributed by atoms with Crippen LogP contribution in [0.15, 0.2) is 30.6 Å². The highest BCUT2D eigenvalue weighted by Crippen LogP contribution is 2.08. The van der Waals surface area contributed by atoms with Crippen molar-refractivity contribution in [1.82, 2.24) is 25.5 Å². The van der Waals surface area contributed by atoms with Crippen molar-refractivity contribution < 1.29 is 14.7 Å². The van der Waals surface area contributed by atoms with E-state index in [2.05, 4.69) is 20.8 Å². The number of hydrogen-bond donors (Lipinski definition) is 2. The van der Waals surface area contributed by atoms with Crippen molar-refractivity contribution in [2.75, 3.05) is 6.54 Å². The number of hydrogen-bond acceptors (Lipinski definition) is 5. The first-order valence-corrected chi connectivity index (χ1v) is 7.00. The van der Waals surface area contributed by atoms with Crippen LogP contribution in [0.3, 0.4) is 0 Å². The van der Waals surface area contributed by atoms with Crippen molar-refractivity contribution >= 4 is 11.9 Å². The highest BCUT2D eigenvalue weighted by Gasteiger charge is 2.07. The summed E-state index contributed by atoms with van der Waals surface area (Å²) in [5.41, 5.74) is 1.23. The van der Waals surface area contributed by atoms with Crippen LogP contribution in [0.25, 0.3) is 5.69 Å². The Labute approximate surface area is 127 Å². The molecule has 0 aliphatic carbocycles. The molecule has 2 aromatic rings. The van der Waals surface area contributed by atoms with Gasteiger partial charge in [0.1, 0.15) is 6.33 Å². The molecule has 0 saturated carbocycles. The van der Waals surface area contributed by atoms with Crippen LogP contribution in [-0.4, -0.2) is 43.7 Å². The van der Waals surface area contributed by atoms with E-state index >= 15 is 0 Å². The van der Waals surface area contributed by atoms with Gasteiger partial charge in [0, 0.05) is 18.5 Å². The lowest BCUT2D eigenvalue weighted by atomic mass is 10.1. The summed E-state index contributed by atoms with van der Waals surface area (Å²) in [4.78, 5) is 22.4. The van der Waals surface area contributed by atoms with Gasteiger partial charge in [-0.25, -0.2) is 4.68 Å². The number of carboxylic acids is 1. The summed E-state index contributed by atoms with van der Waals surface area (Å²) in [6.45, 7) is 0.521.